The van der Waals surface area contributed by atoms with Gasteiger partial charge in [0.15, 0.2) is 5.96 Å². The number of aliphatic imine (C=N–C) groups is 1. The van der Waals surface area contributed by atoms with E-state index >= 15 is 0 Å². The molecule has 0 atom stereocenters. The van der Waals surface area contributed by atoms with Crippen LogP contribution in [0.25, 0.3) is 11.4 Å². The van der Waals surface area contributed by atoms with Crippen molar-refractivity contribution < 1.29 is 9.26 Å². The third kappa shape index (κ3) is 5.99. The summed E-state index contributed by atoms with van der Waals surface area (Å²) in [6, 6.07) is 17.0. The number of hydrogen-bond acceptors (Lipinski definition) is 5. The number of ether oxygens (including phenoxy) is 1. The zero-order valence-corrected chi connectivity index (χ0v) is 16.3. The zero-order chi connectivity index (χ0) is 19.6. The number of hydrogen-bond donors (Lipinski definition) is 2. The minimum atomic E-state index is 0.376. The number of nitrogens with zero attached hydrogens (tertiary/aromatic N) is 3. The molecule has 146 valence electrons. The van der Waals surface area contributed by atoms with Crippen LogP contribution in [0.2, 0.25) is 5.02 Å². The molecule has 0 radical (unpaired) electrons. The van der Waals surface area contributed by atoms with Crippen molar-refractivity contribution in [2.24, 2.45) is 4.99 Å². The van der Waals surface area contributed by atoms with Gasteiger partial charge in [0, 0.05) is 24.2 Å². The molecule has 0 aliphatic heterocycles. The van der Waals surface area contributed by atoms with Gasteiger partial charge in [0.05, 0.1) is 13.2 Å². The Labute approximate surface area is 168 Å². The van der Waals surface area contributed by atoms with E-state index in [9.17, 15) is 0 Å². The Hall–Kier alpha value is -3.06. The van der Waals surface area contributed by atoms with E-state index < -0.39 is 0 Å². The van der Waals surface area contributed by atoms with Gasteiger partial charge in [-0.05, 0) is 42.8 Å². The Morgan fingerprint density at radius 3 is 2.64 bits per heavy atom. The topological polar surface area (TPSA) is 84.6 Å². The molecule has 0 unspecified atom stereocenters. The minimum absolute atomic E-state index is 0.376. The number of nitrogens with one attached hydrogen (secondary N) is 2. The fraction of sp³-hybridized carbons (Fsp3) is 0.250. The molecule has 1 heterocycles. The largest absolute Gasteiger partial charge is 0.494 e. The molecule has 0 spiro atoms. The van der Waals surface area contributed by atoms with Crippen LogP contribution in [0.15, 0.2) is 64.1 Å². The van der Waals surface area contributed by atoms with Crippen LogP contribution < -0.4 is 15.4 Å². The van der Waals surface area contributed by atoms with Crippen LogP contribution in [0, 0.1) is 0 Å². The van der Waals surface area contributed by atoms with Crippen molar-refractivity contribution in [1.29, 1.82) is 0 Å². The zero-order valence-electron chi connectivity index (χ0n) is 15.6. The van der Waals surface area contributed by atoms with Crippen molar-refractivity contribution in [1.82, 2.24) is 20.8 Å². The molecule has 0 fully saturated rings. The predicted molar refractivity (Wildman–Crippen MR) is 109 cm³/mol. The summed E-state index contributed by atoms with van der Waals surface area (Å²) in [7, 11) is 1.71. The first-order valence-corrected chi connectivity index (χ1v) is 9.33. The van der Waals surface area contributed by atoms with Crippen molar-refractivity contribution in [2.45, 2.75) is 13.0 Å². The molecule has 8 heteroatoms. The van der Waals surface area contributed by atoms with E-state index in [4.69, 9.17) is 20.9 Å². The van der Waals surface area contributed by atoms with Gasteiger partial charge in [0.2, 0.25) is 11.7 Å². The Balaban J connectivity index is 1.39. The average molecular weight is 400 g/mol. The Morgan fingerprint density at radius 2 is 1.89 bits per heavy atom. The highest BCUT2D eigenvalue weighted by molar-refractivity contribution is 6.30. The van der Waals surface area contributed by atoms with Gasteiger partial charge in [-0.2, -0.15) is 4.98 Å². The van der Waals surface area contributed by atoms with E-state index in [1.165, 1.54) is 0 Å². The lowest BCUT2D eigenvalue weighted by Gasteiger charge is -2.10. The third-order valence-electron chi connectivity index (χ3n) is 3.83. The van der Waals surface area contributed by atoms with Gasteiger partial charge < -0.3 is 19.9 Å². The quantitative estimate of drug-likeness (QED) is 0.342. The smallest absolute Gasteiger partial charge is 0.246 e. The number of aromatic nitrogens is 2. The molecule has 0 saturated carbocycles. The first kappa shape index (κ1) is 19.7. The molecule has 0 bridgehead atoms. The van der Waals surface area contributed by atoms with E-state index in [1.54, 1.807) is 19.2 Å². The molecule has 2 N–H and O–H groups in total. The highest BCUT2D eigenvalue weighted by Crippen LogP contribution is 2.18. The standard InChI is InChI=1S/C20H22ClN5O2/c1-22-20(23-12-5-13-27-17-6-3-2-4-7-17)24-14-18-25-19(26-28-18)15-8-10-16(21)11-9-15/h2-4,6-11H,5,12-14H2,1H3,(H2,22,23,24). The summed E-state index contributed by atoms with van der Waals surface area (Å²) in [4.78, 5) is 8.56. The van der Waals surface area contributed by atoms with Crippen LogP contribution in [-0.2, 0) is 6.54 Å². The summed E-state index contributed by atoms with van der Waals surface area (Å²) >= 11 is 5.90. The molecule has 28 heavy (non-hydrogen) atoms. The van der Waals surface area contributed by atoms with Crippen LogP contribution >= 0.6 is 11.6 Å². The number of benzene rings is 2. The van der Waals surface area contributed by atoms with E-state index in [-0.39, 0.29) is 0 Å². The van der Waals surface area contributed by atoms with Gasteiger partial charge in [-0.15, -0.1) is 0 Å². The lowest BCUT2D eigenvalue weighted by molar-refractivity contribution is 0.311. The maximum absolute atomic E-state index is 5.90. The second-order valence-electron chi connectivity index (χ2n) is 5.89. The van der Waals surface area contributed by atoms with Crippen LogP contribution in [0.3, 0.4) is 0 Å². The molecular formula is C20H22ClN5O2. The molecule has 3 rings (SSSR count). The molecule has 0 aliphatic carbocycles. The number of rotatable bonds is 8. The first-order valence-electron chi connectivity index (χ1n) is 8.95. The van der Waals surface area contributed by atoms with Gasteiger partial charge in [0.25, 0.3) is 0 Å². The van der Waals surface area contributed by atoms with E-state index in [0.717, 1.165) is 24.3 Å². The van der Waals surface area contributed by atoms with E-state index in [0.29, 0.717) is 35.8 Å². The highest BCUT2D eigenvalue weighted by Gasteiger charge is 2.09. The molecule has 3 aromatic rings. The molecule has 0 saturated heterocycles. The van der Waals surface area contributed by atoms with Gasteiger partial charge in [0.1, 0.15) is 5.75 Å². The summed E-state index contributed by atoms with van der Waals surface area (Å²) in [5.41, 5.74) is 0.848. The molecule has 0 amide bonds. The molecular weight excluding hydrogens is 378 g/mol. The predicted octanol–water partition coefficient (Wildman–Crippen LogP) is 3.52. The van der Waals surface area contributed by atoms with Crippen molar-refractivity contribution >= 4 is 17.6 Å². The van der Waals surface area contributed by atoms with Crippen molar-refractivity contribution in [3.63, 3.8) is 0 Å². The SMILES string of the molecule is CN=C(NCCCOc1ccccc1)NCc1nc(-c2ccc(Cl)cc2)no1. The maximum Gasteiger partial charge on any atom is 0.246 e. The summed E-state index contributed by atoms with van der Waals surface area (Å²) in [6.07, 6.45) is 0.844. The average Bonchev–Trinajstić information content (AvgIpc) is 3.20. The second kappa shape index (κ2) is 10.3. The molecule has 7 nitrogen and oxygen atoms in total. The molecule has 2 aromatic carbocycles. The van der Waals surface area contributed by atoms with Crippen LogP contribution in [0.4, 0.5) is 0 Å². The maximum atomic E-state index is 5.90. The lowest BCUT2D eigenvalue weighted by Crippen LogP contribution is -2.37. The molecule has 1 aromatic heterocycles. The van der Waals surface area contributed by atoms with Crippen LogP contribution in [0.5, 0.6) is 5.75 Å². The molecule has 0 aliphatic rings. The fourth-order valence-electron chi connectivity index (χ4n) is 2.41. The van der Waals surface area contributed by atoms with Gasteiger partial charge in [-0.1, -0.05) is 35.0 Å². The van der Waals surface area contributed by atoms with Crippen molar-refractivity contribution in [3.8, 4) is 17.1 Å². The second-order valence-corrected chi connectivity index (χ2v) is 6.32. The summed E-state index contributed by atoms with van der Waals surface area (Å²) in [5, 5.41) is 11.0. The normalized spacial score (nSPS) is 11.3. The van der Waals surface area contributed by atoms with Crippen LogP contribution in [0.1, 0.15) is 12.3 Å². The summed E-state index contributed by atoms with van der Waals surface area (Å²) < 4.78 is 10.9. The summed E-state index contributed by atoms with van der Waals surface area (Å²) in [5.74, 6) is 2.53. The Bertz CT molecular complexity index is 881. The van der Waals surface area contributed by atoms with Gasteiger partial charge in [-0.3, -0.25) is 4.99 Å². The van der Waals surface area contributed by atoms with E-state index in [2.05, 4.69) is 25.8 Å². The highest BCUT2D eigenvalue weighted by atomic mass is 35.5. The Morgan fingerprint density at radius 1 is 1.11 bits per heavy atom. The summed E-state index contributed by atoms with van der Waals surface area (Å²) in [6.45, 7) is 1.73. The fourth-order valence-corrected chi connectivity index (χ4v) is 2.53. The monoisotopic (exact) mass is 399 g/mol. The number of para-hydroxylation sites is 1. The minimum Gasteiger partial charge on any atom is -0.494 e. The number of guanidine groups is 1. The van der Waals surface area contributed by atoms with Gasteiger partial charge >= 0.3 is 0 Å². The van der Waals surface area contributed by atoms with Crippen LogP contribution in [-0.4, -0.2) is 36.3 Å². The van der Waals surface area contributed by atoms with Crippen molar-refractivity contribution in [3.05, 3.63) is 65.5 Å². The lowest BCUT2D eigenvalue weighted by atomic mass is 10.2. The van der Waals surface area contributed by atoms with Crippen molar-refractivity contribution in [2.75, 3.05) is 20.2 Å². The van der Waals surface area contributed by atoms with E-state index in [1.807, 2.05) is 42.5 Å². The number of halogens is 1. The Kier molecular flexibility index (Phi) is 7.26. The third-order valence-corrected chi connectivity index (χ3v) is 4.08. The van der Waals surface area contributed by atoms with Gasteiger partial charge in [-0.25, -0.2) is 0 Å². The first-order chi connectivity index (χ1) is 13.7.